The number of carbonyl (C=O) groups excluding carboxylic acids is 3. The number of amides is 3. The van der Waals surface area contributed by atoms with Crippen molar-refractivity contribution >= 4 is 46.0 Å². The number of hydrogen-bond donors (Lipinski definition) is 1. The molecule has 0 aliphatic carbocycles. The van der Waals surface area contributed by atoms with Crippen LogP contribution in [-0.2, 0) is 4.79 Å². The van der Waals surface area contributed by atoms with Gasteiger partial charge in [0.15, 0.2) is 0 Å². The van der Waals surface area contributed by atoms with Gasteiger partial charge in [-0.25, -0.2) is 0 Å². The third-order valence-corrected chi connectivity index (χ3v) is 5.21. The molecule has 1 aliphatic heterocycles. The predicted molar refractivity (Wildman–Crippen MR) is 108 cm³/mol. The fourth-order valence-electron chi connectivity index (χ4n) is 3.05. The normalized spacial score (nSPS) is 14.5. The Hall–Kier alpha value is -2.22. The fourth-order valence-corrected chi connectivity index (χ4v) is 3.57. The average molecular weight is 462 g/mol. The summed E-state index contributed by atoms with van der Waals surface area (Å²) in [4.78, 5) is 39.6. The Morgan fingerprint density at radius 2 is 1.54 bits per heavy atom. The molecule has 1 atom stereocenters. The van der Waals surface area contributed by atoms with E-state index in [1.807, 2.05) is 32.0 Å². The van der Waals surface area contributed by atoms with Crippen LogP contribution in [0.1, 0.15) is 41.0 Å². The van der Waals surface area contributed by atoms with Gasteiger partial charge >= 0.3 is 0 Å². The van der Waals surface area contributed by atoms with Crippen molar-refractivity contribution < 1.29 is 14.4 Å². The first-order valence-electron chi connectivity index (χ1n) is 8.42. The summed E-state index contributed by atoms with van der Waals surface area (Å²) in [5.41, 5.74) is 1.38. The Bertz CT molecular complexity index is 844. The minimum Gasteiger partial charge on any atom is -0.323 e. The molecule has 134 valence electrons. The molecule has 1 N–H and O–H groups in total. The first-order valence-corrected chi connectivity index (χ1v) is 9.50. The van der Waals surface area contributed by atoms with E-state index in [-0.39, 0.29) is 11.8 Å². The number of nitrogens with one attached hydrogen (secondary N) is 1. The minimum atomic E-state index is -0.849. The predicted octanol–water partition coefficient (Wildman–Crippen LogP) is 3.94. The summed E-state index contributed by atoms with van der Waals surface area (Å²) in [6.45, 7) is 3.93. The van der Waals surface area contributed by atoms with Gasteiger partial charge in [-0.3, -0.25) is 19.3 Å². The van der Waals surface area contributed by atoms with E-state index < -0.39 is 17.9 Å². The van der Waals surface area contributed by atoms with Crippen molar-refractivity contribution in [1.29, 1.82) is 0 Å². The Kier molecular flexibility index (Phi) is 5.41. The lowest BCUT2D eigenvalue weighted by Crippen LogP contribution is -2.48. The van der Waals surface area contributed by atoms with Gasteiger partial charge < -0.3 is 5.32 Å². The molecule has 26 heavy (non-hydrogen) atoms. The lowest BCUT2D eigenvalue weighted by atomic mass is 10.0. The van der Waals surface area contributed by atoms with E-state index in [0.717, 1.165) is 8.47 Å². The molecule has 0 aromatic heterocycles. The van der Waals surface area contributed by atoms with Crippen LogP contribution in [0.2, 0.25) is 0 Å². The lowest BCUT2D eigenvalue weighted by molar-refractivity contribution is -0.120. The number of anilines is 1. The van der Waals surface area contributed by atoms with Gasteiger partial charge in [0.2, 0.25) is 5.91 Å². The number of hydrogen-bond acceptors (Lipinski definition) is 3. The highest BCUT2D eigenvalue weighted by Crippen LogP contribution is 2.28. The van der Waals surface area contributed by atoms with Gasteiger partial charge in [0.25, 0.3) is 11.8 Å². The van der Waals surface area contributed by atoms with Gasteiger partial charge in [-0.2, -0.15) is 0 Å². The second kappa shape index (κ2) is 7.57. The topological polar surface area (TPSA) is 66.5 Å². The zero-order valence-electron chi connectivity index (χ0n) is 14.5. The number of fused-ring (bicyclic) bond motifs is 1. The van der Waals surface area contributed by atoms with Crippen molar-refractivity contribution in [1.82, 2.24) is 4.90 Å². The first-order chi connectivity index (χ1) is 12.4. The van der Waals surface area contributed by atoms with Crippen LogP contribution < -0.4 is 5.32 Å². The van der Waals surface area contributed by atoms with Gasteiger partial charge in [-0.1, -0.05) is 38.1 Å². The molecule has 1 aliphatic rings. The third kappa shape index (κ3) is 3.51. The molecule has 0 radical (unpaired) electrons. The number of imide groups is 1. The van der Waals surface area contributed by atoms with Crippen LogP contribution in [-0.4, -0.2) is 28.7 Å². The molecule has 1 heterocycles. The van der Waals surface area contributed by atoms with E-state index >= 15 is 0 Å². The molecule has 2 aromatic carbocycles. The maximum Gasteiger partial charge on any atom is 0.262 e. The number of nitrogens with zero attached hydrogens (tertiary/aromatic N) is 1. The molecule has 3 amide bonds. The second-order valence-electron chi connectivity index (χ2n) is 6.64. The van der Waals surface area contributed by atoms with Crippen LogP contribution in [0.25, 0.3) is 0 Å². The Balaban J connectivity index is 1.92. The summed E-state index contributed by atoms with van der Waals surface area (Å²) < 4.78 is 0.893. The van der Waals surface area contributed by atoms with Crippen LogP contribution in [0, 0.1) is 9.49 Å². The van der Waals surface area contributed by atoms with Gasteiger partial charge in [-0.15, -0.1) is 0 Å². The summed E-state index contributed by atoms with van der Waals surface area (Å²) in [5.74, 6) is -1.02. The van der Waals surface area contributed by atoms with Crippen LogP contribution in [0.4, 0.5) is 5.69 Å². The van der Waals surface area contributed by atoms with Crippen molar-refractivity contribution in [2.75, 3.05) is 5.32 Å². The number of carbonyl (C=O) groups is 3. The molecule has 0 fully saturated rings. The summed E-state index contributed by atoms with van der Waals surface area (Å²) in [5, 5.41) is 2.87. The minimum absolute atomic E-state index is 0.143. The third-order valence-electron chi connectivity index (χ3n) is 4.27. The molecular weight excluding hydrogens is 443 g/mol. The van der Waals surface area contributed by atoms with Gasteiger partial charge in [-0.05, 0) is 59.2 Å². The first kappa shape index (κ1) is 18.6. The van der Waals surface area contributed by atoms with Gasteiger partial charge in [0.1, 0.15) is 6.04 Å². The SMILES string of the molecule is CC(C)CC(C(=O)Nc1ccccc1I)N1C(=O)c2ccccc2C1=O. The molecule has 2 aromatic rings. The Morgan fingerprint density at radius 1 is 1.00 bits per heavy atom. The molecule has 0 saturated carbocycles. The molecule has 0 spiro atoms. The van der Waals surface area contributed by atoms with Crippen molar-refractivity contribution in [3.63, 3.8) is 0 Å². The summed E-state index contributed by atoms with van der Waals surface area (Å²) in [7, 11) is 0. The zero-order valence-corrected chi connectivity index (χ0v) is 16.7. The molecule has 0 bridgehead atoms. The molecule has 1 unspecified atom stereocenters. The maximum atomic E-state index is 13.0. The second-order valence-corrected chi connectivity index (χ2v) is 7.80. The average Bonchev–Trinajstić information content (AvgIpc) is 2.86. The van der Waals surface area contributed by atoms with Crippen LogP contribution in [0.5, 0.6) is 0 Å². The number of para-hydroxylation sites is 1. The van der Waals surface area contributed by atoms with E-state index in [9.17, 15) is 14.4 Å². The van der Waals surface area contributed by atoms with Crippen molar-refractivity contribution in [3.05, 3.63) is 63.2 Å². The molecule has 3 rings (SSSR count). The summed E-state index contributed by atoms with van der Waals surface area (Å²) in [6.07, 6.45) is 0.403. The Labute approximate surface area is 165 Å². The van der Waals surface area contributed by atoms with E-state index in [1.54, 1.807) is 30.3 Å². The van der Waals surface area contributed by atoms with Crippen molar-refractivity contribution in [2.45, 2.75) is 26.3 Å². The van der Waals surface area contributed by atoms with E-state index in [1.165, 1.54) is 0 Å². The maximum absolute atomic E-state index is 13.0. The largest absolute Gasteiger partial charge is 0.323 e. The highest BCUT2D eigenvalue weighted by Gasteiger charge is 2.42. The standard InChI is InChI=1S/C20H19IN2O3/c1-12(2)11-17(18(24)22-16-10-6-5-9-15(16)21)23-19(25)13-7-3-4-8-14(13)20(23)26/h3-10,12,17H,11H2,1-2H3,(H,22,24). The van der Waals surface area contributed by atoms with Crippen molar-refractivity contribution in [3.8, 4) is 0 Å². The smallest absolute Gasteiger partial charge is 0.262 e. The molecule has 5 nitrogen and oxygen atoms in total. The summed E-state index contributed by atoms with van der Waals surface area (Å²) in [6, 6.07) is 13.2. The van der Waals surface area contributed by atoms with Gasteiger partial charge in [0.05, 0.1) is 16.8 Å². The highest BCUT2D eigenvalue weighted by molar-refractivity contribution is 14.1. The van der Waals surface area contributed by atoms with Crippen LogP contribution in [0.3, 0.4) is 0 Å². The number of halogens is 1. The number of benzene rings is 2. The molecular formula is C20H19IN2O3. The van der Waals surface area contributed by atoms with Crippen molar-refractivity contribution in [2.24, 2.45) is 5.92 Å². The Morgan fingerprint density at radius 3 is 2.08 bits per heavy atom. The van der Waals surface area contributed by atoms with E-state index in [0.29, 0.717) is 23.2 Å². The quantitative estimate of drug-likeness (QED) is 0.541. The van der Waals surface area contributed by atoms with Gasteiger partial charge in [0, 0.05) is 3.57 Å². The molecule has 0 saturated heterocycles. The summed E-state index contributed by atoms with van der Waals surface area (Å²) >= 11 is 2.14. The number of rotatable bonds is 5. The zero-order chi connectivity index (χ0) is 18.8. The fraction of sp³-hybridized carbons (Fsp3) is 0.250. The van der Waals surface area contributed by atoms with Crippen LogP contribution >= 0.6 is 22.6 Å². The van der Waals surface area contributed by atoms with E-state index in [2.05, 4.69) is 27.9 Å². The van der Waals surface area contributed by atoms with E-state index in [4.69, 9.17) is 0 Å². The van der Waals surface area contributed by atoms with Crippen LogP contribution in [0.15, 0.2) is 48.5 Å². The lowest BCUT2D eigenvalue weighted by Gasteiger charge is -2.27. The highest BCUT2D eigenvalue weighted by atomic mass is 127. The monoisotopic (exact) mass is 462 g/mol. The molecule has 6 heteroatoms.